The van der Waals surface area contributed by atoms with Gasteiger partial charge in [-0.25, -0.2) is 0 Å². The van der Waals surface area contributed by atoms with Crippen LogP contribution in [0.2, 0.25) is 0 Å². The number of benzene rings is 1. The highest BCUT2D eigenvalue weighted by Crippen LogP contribution is 2.27. The van der Waals surface area contributed by atoms with Gasteiger partial charge in [0.2, 0.25) is 0 Å². The first-order valence-corrected chi connectivity index (χ1v) is 7.79. The van der Waals surface area contributed by atoms with E-state index < -0.39 is 0 Å². The van der Waals surface area contributed by atoms with Crippen molar-refractivity contribution in [3.8, 4) is 0 Å². The Morgan fingerprint density at radius 3 is 2.78 bits per heavy atom. The zero-order valence-corrected chi connectivity index (χ0v) is 12.5. The molecule has 100 valence electrons. The summed E-state index contributed by atoms with van der Waals surface area (Å²) in [7, 11) is 0. The summed E-state index contributed by atoms with van der Waals surface area (Å²) in [5.41, 5.74) is 10.1. The van der Waals surface area contributed by atoms with Gasteiger partial charge in [0.25, 0.3) is 0 Å². The molecule has 0 aliphatic carbocycles. The standard InChI is InChI=1S/C15H24N2S/c1-11-4-5-14(8-12(11)2)15(9-16)17-6-7-18-13(3)10-17/h4-5,8,13,15H,6-7,9-10,16H2,1-3H3. The first-order valence-electron chi connectivity index (χ1n) is 6.74. The van der Waals surface area contributed by atoms with Gasteiger partial charge in [-0.3, -0.25) is 4.90 Å². The van der Waals surface area contributed by atoms with Gasteiger partial charge in [0.05, 0.1) is 0 Å². The summed E-state index contributed by atoms with van der Waals surface area (Å²) in [5.74, 6) is 1.22. The average Bonchev–Trinajstić information content (AvgIpc) is 2.35. The molecule has 0 aromatic heterocycles. The highest BCUT2D eigenvalue weighted by atomic mass is 32.2. The minimum atomic E-state index is 0.382. The van der Waals surface area contributed by atoms with Crippen LogP contribution in [0.4, 0.5) is 0 Å². The smallest absolute Gasteiger partial charge is 0.0471 e. The van der Waals surface area contributed by atoms with E-state index in [0.717, 1.165) is 18.3 Å². The lowest BCUT2D eigenvalue weighted by Crippen LogP contribution is -2.42. The Bertz CT molecular complexity index is 405. The summed E-state index contributed by atoms with van der Waals surface area (Å²) in [4.78, 5) is 2.55. The topological polar surface area (TPSA) is 29.3 Å². The zero-order valence-electron chi connectivity index (χ0n) is 11.6. The van der Waals surface area contributed by atoms with Gasteiger partial charge >= 0.3 is 0 Å². The Morgan fingerprint density at radius 1 is 1.39 bits per heavy atom. The number of thioether (sulfide) groups is 1. The highest BCUT2D eigenvalue weighted by molar-refractivity contribution is 7.99. The third kappa shape index (κ3) is 3.08. The van der Waals surface area contributed by atoms with E-state index in [1.165, 1.54) is 22.4 Å². The molecule has 2 atom stereocenters. The third-order valence-corrected chi connectivity index (χ3v) is 4.99. The molecule has 1 aliphatic heterocycles. The van der Waals surface area contributed by atoms with Crippen molar-refractivity contribution in [3.63, 3.8) is 0 Å². The molecule has 2 nitrogen and oxygen atoms in total. The van der Waals surface area contributed by atoms with Gasteiger partial charge in [0, 0.05) is 36.7 Å². The molecule has 0 saturated carbocycles. The molecule has 2 rings (SSSR count). The fourth-order valence-electron chi connectivity index (χ4n) is 2.60. The second-order valence-corrected chi connectivity index (χ2v) is 6.82. The van der Waals surface area contributed by atoms with E-state index in [4.69, 9.17) is 5.73 Å². The van der Waals surface area contributed by atoms with E-state index in [9.17, 15) is 0 Å². The quantitative estimate of drug-likeness (QED) is 0.910. The van der Waals surface area contributed by atoms with E-state index in [1.807, 2.05) is 0 Å². The van der Waals surface area contributed by atoms with Gasteiger partial charge in [-0.1, -0.05) is 25.1 Å². The molecule has 3 heteroatoms. The van der Waals surface area contributed by atoms with Crippen LogP contribution >= 0.6 is 11.8 Å². The first kappa shape index (κ1) is 13.9. The Hall–Kier alpha value is -0.510. The van der Waals surface area contributed by atoms with E-state index in [2.05, 4.69) is 55.6 Å². The predicted octanol–water partition coefficient (Wildman–Crippen LogP) is 2.74. The molecule has 1 aromatic carbocycles. The van der Waals surface area contributed by atoms with Crippen molar-refractivity contribution in [2.45, 2.75) is 32.1 Å². The number of nitrogens with zero attached hydrogens (tertiary/aromatic N) is 1. The van der Waals surface area contributed by atoms with Gasteiger partial charge in [-0.15, -0.1) is 0 Å². The van der Waals surface area contributed by atoms with Crippen molar-refractivity contribution in [1.82, 2.24) is 4.90 Å². The van der Waals surface area contributed by atoms with Crippen molar-refractivity contribution in [1.29, 1.82) is 0 Å². The van der Waals surface area contributed by atoms with Crippen LogP contribution in [0, 0.1) is 13.8 Å². The second kappa shape index (κ2) is 6.09. The Balaban J connectivity index is 2.18. The van der Waals surface area contributed by atoms with Crippen LogP contribution in [-0.2, 0) is 0 Å². The maximum atomic E-state index is 6.02. The largest absolute Gasteiger partial charge is 0.329 e. The lowest BCUT2D eigenvalue weighted by molar-refractivity contribution is 0.211. The Labute approximate surface area is 115 Å². The van der Waals surface area contributed by atoms with Crippen molar-refractivity contribution < 1.29 is 0 Å². The second-order valence-electron chi connectivity index (χ2n) is 5.27. The third-order valence-electron chi connectivity index (χ3n) is 3.85. The van der Waals surface area contributed by atoms with Crippen LogP contribution in [0.15, 0.2) is 18.2 Å². The summed E-state index contributed by atoms with van der Waals surface area (Å²) < 4.78 is 0. The molecule has 1 aliphatic rings. The van der Waals surface area contributed by atoms with Crippen LogP contribution in [0.5, 0.6) is 0 Å². The number of aryl methyl sites for hydroxylation is 2. The molecule has 18 heavy (non-hydrogen) atoms. The van der Waals surface area contributed by atoms with E-state index in [0.29, 0.717) is 12.6 Å². The van der Waals surface area contributed by atoms with Gasteiger partial charge < -0.3 is 5.73 Å². The maximum Gasteiger partial charge on any atom is 0.0471 e. The molecule has 1 saturated heterocycles. The monoisotopic (exact) mass is 264 g/mol. The average molecular weight is 264 g/mol. The molecular weight excluding hydrogens is 240 g/mol. The lowest BCUT2D eigenvalue weighted by Gasteiger charge is -2.36. The van der Waals surface area contributed by atoms with Gasteiger partial charge in [0.1, 0.15) is 0 Å². The zero-order chi connectivity index (χ0) is 13.1. The van der Waals surface area contributed by atoms with E-state index in [1.54, 1.807) is 0 Å². The molecule has 1 fully saturated rings. The summed E-state index contributed by atoms with van der Waals surface area (Å²) in [5, 5.41) is 0.722. The van der Waals surface area contributed by atoms with Gasteiger partial charge in [0.15, 0.2) is 0 Å². The predicted molar refractivity (Wildman–Crippen MR) is 81.2 cm³/mol. The number of rotatable bonds is 3. The molecule has 0 bridgehead atoms. The number of hydrogen-bond donors (Lipinski definition) is 1. The van der Waals surface area contributed by atoms with Gasteiger partial charge in [-0.2, -0.15) is 11.8 Å². The SMILES string of the molecule is Cc1ccc(C(CN)N2CCSC(C)C2)cc1C. The summed E-state index contributed by atoms with van der Waals surface area (Å²) >= 11 is 2.07. The summed E-state index contributed by atoms with van der Waals surface area (Å²) in [6.07, 6.45) is 0. The first-order chi connectivity index (χ1) is 8.61. The minimum Gasteiger partial charge on any atom is -0.329 e. The lowest BCUT2D eigenvalue weighted by atomic mass is 9.99. The van der Waals surface area contributed by atoms with Crippen LogP contribution in [0.25, 0.3) is 0 Å². The van der Waals surface area contributed by atoms with Crippen LogP contribution < -0.4 is 5.73 Å². The molecule has 0 spiro atoms. The van der Waals surface area contributed by atoms with Crippen LogP contribution in [-0.4, -0.2) is 35.5 Å². The van der Waals surface area contributed by atoms with E-state index >= 15 is 0 Å². The fraction of sp³-hybridized carbons (Fsp3) is 0.600. The highest BCUT2D eigenvalue weighted by Gasteiger charge is 2.24. The maximum absolute atomic E-state index is 6.02. The molecule has 0 amide bonds. The van der Waals surface area contributed by atoms with Crippen LogP contribution in [0.1, 0.15) is 29.7 Å². The summed E-state index contributed by atoms with van der Waals surface area (Å²) in [6, 6.07) is 7.15. The van der Waals surface area contributed by atoms with E-state index in [-0.39, 0.29) is 0 Å². The Morgan fingerprint density at radius 2 is 2.17 bits per heavy atom. The molecule has 1 heterocycles. The van der Waals surface area contributed by atoms with Crippen molar-refractivity contribution in [3.05, 3.63) is 34.9 Å². The van der Waals surface area contributed by atoms with Crippen molar-refractivity contribution >= 4 is 11.8 Å². The molecule has 2 N–H and O–H groups in total. The van der Waals surface area contributed by atoms with Crippen LogP contribution in [0.3, 0.4) is 0 Å². The molecular formula is C15H24N2S. The summed E-state index contributed by atoms with van der Waals surface area (Å²) in [6.45, 7) is 9.67. The van der Waals surface area contributed by atoms with Crippen molar-refractivity contribution in [2.24, 2.45) is 5.73 Å². The molecule has 1 aromatic rings. The Kier molecular flexibility index (Phi) is 4.71. The fourth-order valence-corrected chi connectivity index (χ4v) is 3.64. The van der Waals surface area contributed by atoms with Gasteiger partial charge in [-0.05, 0) is 30.5 Å². The number of nitrogens with two attached hydrogens (primary N) is 1. The molecule has 2 unspecified atom stereocenters. The minimum absolute atomic E-state index is 0.382. The van der Waals surface area contributed by atoms with Crippen molar-refractivity contribution in [2.75, 3.05) is 25.4 Å². The molecule has 0 radical (unpaired) electrons. The number of hydrogen-bond acceptors (Lipinski definition) is 3. The normalized spacial score (nSPS) is 23.0.